The van der Waals surface area contributed by atoms with Crippen LogP contribution in [0.25, 0.3) is 0 Å². The van der Waals surface area contributed by atoms with Crippen LogP contribution in [-0.4, -0.2) is 42.5 Å². The summed E-state index contributed by atoms with van der Waals surface area (Å²) in [5, 5.41) is 3.34. The van der Waals surface area contributed by atoms with Crippen molar-refractivity contribution in [1.29, 1.82) is 0 Å². The number of carbonyl (C=O) groups excluding carboxylic acids is 1. The number of benzene rings is 1. The summed E-state index contributed by atoms with van der Waals surface area (Å²) < 4.78 is 0. The van der Waals surface area contributed by atoms with Crippen molar-refractivity contribution in [2.45, 2.75) is 63.1 Å². The van der Waals surface area contributed by atoms with E-state index >= 15 is 0 Å². The van der Waals surface area contributed by atoms with E-state index in [1.54, 1.807) is 0 Å². The van der Waals surface area contributed by atoms with Crippen LogP contribution < -0.4 is 16.2 Å². The quantitative estimate of drug-likeness (QED) is 0.785. The molecule has 0 aromatic heterocycles. The predicted molar refractivity (Wildman–Crippen MR) is 99.1 cm³/mol. The van der Waals surface area contributed by atoms with E-state index in [1.165, 1.54) is 24.0 Å². The fraction of sp³-hybridized carbons (Fsp3) is 0.650. The smallest absolute Gasteiger partial charge is 0.239 e. The Kier molecular flexibility index (Phi) is 4.56. The first kappa shape index (κ1) is 17.0. The molecule has 2 fully saturated rings. The van der Waals surface area contributed by atoms with Gasteiger partial charge < -0.3 is 10.2 Å². The molecule has 5 nitrogen and oxygen atoms in total. The highest BCUT2D eigenvalue weighted by atomic mass is 16.2. The van der Waals surface area contributed by atoms with E-state index in [0.29, 0.717) is 6.04 Å². The molecule has 1 aromatic rings. The minimum Gasteiger partial charge on any atom is -0.348 e. The maximum Gasteiger partial charge on any atom is 0.239 e. The Morgan fingerprint density at radius 3 is 2.72 bits per heavy atom. The summed E-state index contributed by atoms with van der Waals surface area (Å²) in [6.45, 7) is 7.81. The Morgan fingerprint density at radius 2 is 2.04 bits per heavy atom. The third-order valence-corrected chi connectivity index (χ3v) is 6.49. The molecule has 3 N–H and O–H groups in total. The van der Waals surface area contributed by atoms with E-state index in [9.17, 15) is 4.79 Å². The summed E-state index contributed by atoms with van der Waals surface area (Å²) in [7, 11) is 0. The number of piperidine rings is 1. The van der Waals surface area contributed by atoms with Crippen molar-refractivity contribution in [3.05, 3.63) is 35.4 Å². The van der Waals surface area contributed by atoms with Gasteiger partial charge in [0.25, 0.3) is 0 Å². The molecule has 0 saturated carbocycles. The second kappa shape index (κ2) is 6.71. The van der Waals surface area contributed by atoms with Gasteiger partial charge >= 0.3 is 0 Å². The van der Waals surface area contributed by atoms with Crippen LogP contribution in [0.2, 0.25) is 0 Å². The summed E-state index contributed by atoms with van der Waals surface area (Å²) in [5.74, 6) is 0.125. The Balaban J connectivity index is 1.52. The highest BCUT2D eigenvalue weighted by Gasteiger charge is 2.45. The molecular weight excluding hydrogens is 312 g/mol. The van der Waals surface area contributed by atoms with Crippen molar-refractivity contribution < 1.29 is 4.79 Å². The van der Waals surface area contributed by atoms with Gasteiger partial charge in [-0.25, -0.2) is 5.43 Å². The third kappa shape index (κ3) is 3.09. The van der Waals surface area contributed by atoms with Gasteiger partial charge in [-0.2, -0.15) is 0 Å². The van der Waals surface area contributed by atoms with Gasteiger partial charge in [0, 0.05) is 11.5 Å². The van der Waals surface area contributed by atoms with Crippen molar-refractivity contribution in [2.24, 2.45) is 0 Å². The van der Waals surface area contributed by atoms with Crippen LogP contribution in [0.4, 0.5) is 0 Å². The number of likely N-dealkylation sites (tertiary alicyclic amines) is 1. The van der Waals surface area contributed by atoms with Gasteiger partial charge in [-0.1, -0.05) is 31.2 Å². The van der Waals surface area contributed by atoms with Crippen molar-refractivity contribution in [3.8, 4) is 0 Å². The minimum absolute atomic E-state index is 0.124. The van der Waals surface area contributed by atoms with Gasteiger partial charge in [-0.05, 0) is 63.4 Å². The number of hydrazine groups is 1. The number of rotatable bonds is 3. The zero-order valence-electron chi connectivity index (χ0n) is 15.3. The predicted octanol–water partition coefficient (Wildman–Crippen LogP) is 1.86. The molecule has 1 aliphatic carbocycles. The molecule has 3 unspecified atom stereocenters. The summed E-state index contributed by atoms with van der Waals surface area (Å²) in [4.78, 5) is 15.2. The Labute approximate surface area is 150 Å². The summed E-state index contributed by atoms with van der Waals surface area (Å²) in [6, 6.07) is 9.13. The van der Waals surface area contributed by atoms with Crippen LogP contribution >= 0.6 is 0 Å². The Bertz CT molecular complexity index is 638. The summed E-state index contributed by atoms with van der Waals surface area (Å²) in [6.07, 6.45) is 4.29. The molecule has 1 amide bonds. The van der Waals surface area contributed by atoms with E-state index in [-0.39, 0.29) is 23.4 Å². The van der Waals surface area contributed by atoms with Crippen molar-refractivity contribution in [2.75, 3.05) is 19.6 Å². The van der Waals surface area contributed by atoms with E-state index in [4.69, 9.17) is 0 Å². The molecule has 0 bridgehead atoms. The maximum atomic E-state index is 12.7. The molecule has 136 valence electrons. The molecular formula is C20H30N4O. The molecule has 3 atom stereocenters. The van der Waals surface area contributed by atoms with Gasteiger partial charge in [0.2, 0.25) is 5.91 Å². The average Bonchev–Trinajstić information content (AvgIpc) is 3.19. The lowest BCUT2D eigenvalue weighted by Crippen LogP contribution is -2.45. The molecule has 1 spiro atoms. The number of hydrogen-bond acceptors (Lipinski definition) is 4. The van der Waals surface area contributed by atoms with Crippen molar-refractivity contribution in [3.63, 3.8) is 0 Å². The van der Waals surface area contributed by atoms with Crippen LogP contribution in [0.1, 0.15) is 56.7 Å². The van der Waals surface area contributed by atoms with Crippen LogP contribution in [0.15, 0.2) is 24.3 Å². The summed E-state index contributed by atoms with van der Waals surface area (Å²) >= 11 is 0. The van der Waals surface area contributed by atoms with Gasteiger partial charge in [-0.3, -0.25) is 10.2 Å². The first-order valence-corrected chi connectivity index (χ1v) is 9.74. The lowest BCUT2D eigenvalue weighted by atomic mass is 9.73. The Morgan fingerprint density at radius 1 is 1.28 bits per heavy atom. The second-order valence-corrected chi connectivity index (χ2v) is 8.05. The molecule has 1 aromatic carbocycles. The first-order valence-electron chi connectivity index (χ1n) is 9.74. The van der Waals surface area contributed by atoms with E-state index in [0.717, 1.165) is 32.5 Å². The minimum atomic E-state index is -0.124. The first-order chi connectivity index (χ1) is 12.1. The summed E-state index contributed by atoms with van der Waals surface area (Å²) in [5.41, 5.74) is 9.32. The zero-order valence-corrected chi connectivity index (χ0v) is 15.3. The average molecular weight is 342 g/mol. The zero-order chi connectivity index (χ0) is 17.4. The number of nitrogens with one attached hydrogen (secondary N) is 3. The maximum absolute atomic E-state index is 12.7. The lowest BCUT2D eigenvalue weighted by molar-refractivity contribution is -0.123. The van der Waals surface area contributed by atoms with Crippen molar-refractivity contribution >= 4 is 5.91 Å². The number of nitrogens with zero attached hydrogens (tertiary/aromatic N) is 1. The van der Waals surface area contributed by atoms with E-state index < -0.39 is 0 Å². The van der Waals surface area contributed by atoms with Gasteiger partial charge in [0.05, 0.1) is 6.04 Å². The number of hydrogen-bond donors (Lipinski definition) is 3. The molecule has 25 heavy (non-hydrogen) atoms. The van der Waals surface area contributed by atoms with E-state index in [1.807, 2.05) is 0 Å². The molecule has 5 heteroatoms. The van der Waals surface area contributed by atoms with Crippen LogP contribution in [0.3, 0.4) is 0 Å². The van der Waals surface area contributed by atoms with Gasteiger partial charge in [0.15, 0.2) is 0 Å². The second-order valence-electron chi connectivity index (χ2n) is 8.05. The van der Waals surface area contributed by atoms with Crippen LogP contribution in [-0.2, 0) is 10.2 Å². The third-order valence-electron chi connectivity index (χ3n) is 6.49. The molecule has 3 aliphatic rings. The molecule has 4 rings (SSSR count). The fourth-order valence-electron chi connectivity index (χ4n) is 4.95. The largest absolute Gasteiger partial charge is 0.348 e. The fourth-order valence-corrected chi connectivity index (χ4v) is 4.95. The monoisotopic (exact) mass is 342 g/mol. The van der Waals surface area contributed by atoms with Gasteiger partial charge in [-0.15, -0.1) is 0 Å². The lowest BCUT2D eigenvalue weighted by Gasteiger charge is -2.40. The molecule has 0 radical (unpaired) electrons. The number of fused-ring (bicyclic) bond motifs is 2. The highest BCUT2D eigenvalue weighted by Crippen LogP contribution is 2.50. The standard InChI is InChI=1S/C20H30N4O/c1-3-24-10-8-20(9-11-24)13-18(15-6-4-5-7-16(15)20)21-19(25)17-12-14(2)22-23-17/h4-7,14,17-18,22-23H,3,8-13H2,1-2H3,(H,21,25). The topological polar surface area (TPSA) is 56.4 Å². The normalized spacial score (nSPS) is 31.2. The van der Waals surface area contributed by atoms with Crippen molar-refractivity contribution in [1.82, 2.24) is 21.1 Å². The van der Waals surface area contributed by atoms with Crippen LogP contribution in [0.5, 0.6) is 0 Å². The van der Waals surface area contributed by atoms with Crippen LogP contribution in [0, 0.1) is 0 Å². The highest BCUT2D eigenvalue weighted by molar-refractivity contribution is 5.82. The van der Waals surface area contributed by atoms with E-state index in [2.05, 4.69) is 59.2 Å². The number of carbonyl (C=O) groups is 1. The molecule has 2 heterocycles. The molecule has 2 aliphatic heterocycles. The number of amides is 1. The van der Waals surface area contributed by atoms with Gasteiger partial charge in [0.1, 0.15) is 6.04 Å². The Hall–Kier alpha value is -1.43. The SMILES string of the molecule is CCN1CCC2(CC1)CC(NC(=O)C1CC(C)NN1)c1ccccc12. The molecule has 2 saturated heterocycles.